The van der Waals surface area contributed by atoms with Crippen LogP contribution in [-0.2, 0) is 0 Å². The molecule has 0 saturated carbocycles. The number of aromatic nitrogens is 1. The Hall–Kier alpha value is -1.01. The molecule has 1 aromatic heterocycles. The van der Waals surface area contributed by atoms with E-state index < -0.39 is 0 Å². The van der Waals surface area contributed by atoms with Crippen LogP contribution < -0.4 is 0 Å². The van der Waals surface area contributed by atoms with Gasteiger partial charge in [-0.1, -0.05) is 20.8 Å². The highest BCUT2D eigenvalue weighted by Gasteiger charge is 2.11. The summed E-state index contributed by atoms with van der Waals surface area (Å²) in [5.74, 6) is 0.611. The van der Waals surface area contributed by atoms with Crippen molar-refractivity contribution in [1.29, 1.82) is 5.26 Å². The van der Waals surface area contributed by atoms with E-state index >= 15 is 0 Å². The molecule has 2 nitrogen and oxygen atoms in total. The van der Waals surface area contributed by atoms with Crippen molar-refractivity contribution < 1.29 is 0 Å². The highest BCUT2D eigenvalue weighted by Crippen LogP contribution is 2.29. The molecule has 0 fully saturated rings. The van der Waals surface area contributed by atoms with E-state index in [0.29, 0.717) is 16.7 Å². The minimum absolute atomic E-state index is 0.518. The summed E-state index contributed by atoms with van der Waals surface area (Å²) in [6, 6.07) is 4.06. The summed E-state index contributed by atoms with van der Waals surface area (Å²) in [5.41, 5.74) is 0.671. The Morgan fingerprint density at radius 3 is 2.71 bits per heavy atom. The minimum Gasteiger partial charge on any atom is -0.263 e. The van der Waals surface area contributed by atoms with Crippen LogP contribution in [-0.4, -0.2) is 10.2 Å². The van der Waals surface area contributed by atoms with E-state index in [1.54, 1.807) is 24.2 Å². The van der Waals surface area contributed by atoms with Crippen molar-refractivity contribution in [2.24, 2.45) is 5.92 Å². The van der Waals surface area contributed by atoms with E-state index in [2.05, 4.69) is 31.8 Å². The average Bonchev–Trinajstić information content (AvgIpc) is 2.18. The second-order valence-corrected chi connectivity index (χ2v) is 4.97. The smallest absolute Gasteiger partial charge is 0.102 e. The van der Waals surface area contributed by atoms with Crippen molar-refractivity contribution in [3.05, 3.63) is 24.0 Å². The van der Waals surface area contributed by atoms with Crippen molar-refractivity contribution in [3.8, 4) is 6.07 Å². The Kier molecular flexibility index (Phi) is 3.97. The van der Waals surface area contributed by atoms with E-state index in [-0.39, 0.29) is 0 Å². The highest BCUT2D eigenvalue weighted by molar-refractivity contribution is 8.00. The monoisotopic (exact) mass is 206 g/mol. The molecule has 0 aromatic carbocycles. The van der Waals surface area contributed by atoms with Gasteiger partial charge in [0.1, 0.15) is 6.07 Å². The van der Waals surface area contributed by atoms with Gasteiger partial charge in [-0.15, -0.1) is 11.8 Å². The first-order valence-corrected chi connectivity index (χ1v) is 5.54. The van der Waals surface area contributed by atoms with Crippen molar-refractivity contribution in [2.75, 3.05) is 0 Å². The van der Waals surface area contributed by atoms with Gasteiger partial charge in [0, 0.05) is 22.5 Å². The highest BCUT2D eigenvalue weighted by atomic mass is 32.2. The zero-order valence-electron chi connectivity index (χ0n) is 8.69. The Morgan fingerprint density at radius 1 is 1.43 bits per heavy atom. The van der Waals surface area contributed by atoms with Crippen LogP contribution in [0.4, 0.5) is 0 Å². The quantitative estimate of drug-likeness (QED) is 0.713. The van der Waals surface area contributed by atoms with E-state index in [4.69, 9.17) is 5.26 Å². The van der Waals surface area contributed by atoms with Gasteiger partial charge in [0.05, 0.1) is 5.56 Å². The van der Waals surface area contributed by atoms with Gasteiger partial charge in [0.2, 0.25) is 0 Å². The fourth-order valence-corrected chi connectivity index (χ4v) is 1.94. The maximum atomic E-state index is 8.87. The molecule has 1 rings (SSSR count). The Bertz CT molecular complexity index is 341. The Labute approximate surface area is 89.4 Å². The minimum atomic E-state index is 0.518. The van der Waals surface area contributed by atoms with Gasteiger partial charge >= 0.3 is 0 Å². The molecule has 0 radical (unpaired) electrons. The average molecular weight is 206 g/mol. The van der Waals surface area contributed by atoms with E-state index in [9.17, 15) is 0 Å². The summed E-state index contributed by atoms with van der Waals surface area (Å²) in [6.45, 7) is 6.55. The third-order valence-corrected chi connectivity index (χ3v) is 3.68. The second kappa shape index (κ2) is 5.02. The third kappa shape index (κ3) is 2.74. The number of thioether (sulfide) groups is 1. The normalized spacial score (nSPS) is 12.5. The first-order valence-electron chi connectivity index (χ1n) is 4.66. The number of nitrogens with zero attached hydrogens (tertiary/aromatic N) is 2. The lowest BCUT2D eigenvalue weighted by molar-refractivity contribution is 0.642. The summed E-state index contributed by atoms with van der Waals surface area (Å²) in [6.07, 6.45) is 3.35. The lowest BCUT2D eigenvalue weighted by Crippen LogP contribution is -2.05. The molecule has 3 heteroatoms. The van der Waals surface area contributed by atoms with Gasteiger partial charge in [-0.2, -0.15) is 5.26 Å². The van der Waals surface area contributed by atoms with Gasteiger partial charge in [-0.05, 0) is 12.0 Å². The number of nitriles is 1. The molecule has 0 amide bonds. The van der Waals surface area contributed by atoms with Crippen molar-refractivity contribution in [3.63, 3.8) is 0 Å². The van der Waals surface area contributed by atoms with Crippen LogP contribution in [0.2, 0.25) is 0 Å². The standard InChI is InChI=1S/C11H14N2S/c1-8(2)9(3)14-11-4-5-13-7-10(11)6-12/h4-5,7-9H,1-3H3. The molecule has 1 aromatic rings. The van der Waals surface area contributed by atoms with Crippen molar-refractivity contribution in [2.45, 2.75) is 30.9 Å². The number of hydrogen-bond acceptors (Lipinski definition) is 3. The maximum Gasteiger partial charge on any atom is 0.102 e. The second-order valence-electron chi connectivity index (χ2n) is 3.55. The largest absolute Gasteiger partial charge is 0.263 e. The molecule has 0 aliphatic heterocycles. The molecular formula is C11H14N2S. The predicted molar refractivity (Wildman–Crippen MR) is 59.1 cm³/mol. The molecule has 0 N–H and O–H groups in total. The van der Waals surface area contributed by atoms with Crippen LogP contribution in [0.25, 0.3) is 0 Å². The van der Waals surface area contributed by atoms with Gasteiger partial charge in [-0.25, -0.2) is 0 Å². The van der Waals surface area contributed by atoms with Gasteiger partial charge in [0.25, 0.3) is 0 Å². The van der Waals surface area contributed by atoms with Gasteiger partial charge < -0.3 is 0 Å². The molecule has 74 valence electrons. The molecule has 14 heavy (non-hydrogen) atoms. The zero-order valence-corrected chi connectivity index (χ0v) is 9.51. The molecule has 0 saturated heterocycles. The molecule has 1 unspecified atom stereocenters. The zero-order chi connectivity index (χ0) is 10.6. The first kappa shape index (κ1) is 11.1. The molecule has 0 spiro atoms. The predicted octanol–water partition coefficient (Wildman–Crippen LogP) is 3.09. The van der Waals surface area contributed by atoms with Crippen LogP contribution in [0.5, 0.6) is 0 Å². The van der Waals surface area contributed by atoms with Crippen LogP contribution in [0.3, 0.4) is 0 Å². The molecule has 0 aliphatic carbocycles. The van der Waals surface area contributed by atoms with Crippen LogP contribution >= 0.6 is 11.8 Å². The van der Waals surface area contributed by atoms with Gasteiger partial charge in [0.15, 0.2) is 0 Å². The SMILES string of the molecule is CC(C)C(C)Sc1ccncc1C#N. The molecule has 1 heterocycles. The lowest BCUT2D eigenvalue weighted by Gasteiger charge is -2.15. The summed E-state index contributed by atoms with van der Waals surface area (Å²) in [7, 11) is 0. The van der Waals surface area contributed by atoms with E-state index in [0.717, 1.165) is 4.90 Å². The fraction of sp³-hybridized carbons (Fsp3) is 0.455. The summed E-state index contributed by atoms with van der Waals surface area (Å²) in [4.78, 5) is 4.96. The summed E-state index contributed by atoms with van der Waals surface area (Å²) >= 11 is 1.74. The van der Waals surface area contributed by atoms with Crippen molar-refractivity contribution in [1.82, 2.24) is 4.98 Å². The Morgan fingerprint density at radius 2 is 2.14 bits per heavy atom. The van der Waals surface area contributed by atoms with Crippen LogP contribution in [0, 0.1) is 17.2 Å². The van der Waals surface area contributed by atoms with Crippen LogP contribution in [0.15, 0.2) is 23.4 Å². The van der Waals surface area contributed by atoms with E-state index in [1.807, 2.05) is 6.07 Å². The van der Waals surface area contributed by atoms with Crippen molar-refractivity contribution >= 4 is 11.8 Å². The number of pyridine rings is 1. The maximum absolute atomic E-state index is 8.87. The van der Waals surface area contributed by atoms with E-state index in [1.165, 1.54) is 0 Å². The number of rotatable bonds is 3. The molecule has 0 aliphatic rings. The van der Waals surface area contributed by atoms with Gasteiger partial charge in [-0.3, -0.25) is 4.98 Å². The molecule has 1 atom stereocenters. The lowest BCUT2D eigenvalue weighted by atomic mass is 10.2. The fourth-order valence-electron chi connectivity index (χ4n) is 0.905. The summed E-state index contributed by atoms with van der Waals surface area (Å²) < 4.78 is 0. The topological polar surface area (TPSA) is 36.7 Å². The first-order chi connectivity index (χ1) is 6.65. The third-order valence-electron chi connectivity index (χ3n) is 2.15. The van der Waals surface area contributed by atoms with Crippen LogP contribution in [0.1, 0.15) is 26.3 Å². The summed E-state index contributed by atoms with van der Waals surface area (Å²) in [5, 5.41) is 9.38. The molecule has 0 bridgehead atoms. The molecular weight excluding hydrogens is 192 g/mol. The number of hydrogen-bond donors (Lipinski definition) is 0. The Balaban J connectivity index is 2.82.